The Morgan fingerprint density at radius 3 is 1.93 bits per heavy atom. The molecular weight excluding hydrogens is 909 g/mol. The number of ether oxygens (including phenoxy) is 10. The molecule has 5 heterocycles. The van der Waals surface area contributed by atoms with Crippen molar-refractivity contribution in [1.82, 2.24) is 0 Å². The lowest BCUT2D eigenvalue weighted by Gasteiger charge is -2.65. The Labute approximate surface area is 402 Å². The highest BCUT2D eigenvalue weighted by molar-refractivity contribution is 5.85. The molecule has 20 nitrogen and oxygen atoms in total. The molecule has 0 radical (unpaired) electrons. The summed E-state index contributed by atoms with van der Waals surface area (Å²) < 4.78 is 60.1. The first kappa shape index (κ1) is 51.9. The Morgan fingerprint density at radius 2 is 1.33 bits per heavy atom. The standard InChI is InChI=1S/C49H76O20/c1-21-43(67-38-17-32(53)44(22(2)62-38)68-39-18-33(64-24(4)51)45(23(3)63-39)69-46-42(58)41(57)40(56)34(19-50)66-46)31(52)16-37(61-21)65-27-9-11-47(5)26(14-27)7-8-29-30(47)15-35(54)48(6)28(10-12-49(29,48)59)25-13-36(55)60-20-25/h13,21-23,26-35,37-46,50,52-54,56-59H,7-12,14-20H2,1-6H3/t21-,22-,23-,26-,27-,28+,29-,30+,31-,32-,33-,34+,35+,37-,38-,39+,40+,41-,42+,43+,44+,45-,46-,47+,48+,49+/m1/s1. The molecule has 0 bridgehead atoms. The van der Waals surface area contributed by atoms with Crippen LogP contribution in [0.2, 0.25) is 0 Å². The van der Waals surface area contributed by atoms with Gasteiger partial charge in [-0.1, -0.05) is 13.8 Å². The van der Waals surface area contributed by atoms with E-state index in [-0.39, 0.29) is 61.1 Å². The highest BCUT2D eigenvalue weighted by Crippen LogP contribution is 2.70. The molecule has 20 heteroatoms. The Balaban J connectivity index is 0.752. The molecule has 392 valence electrons. The van der Waals surface area contributed by atoms with E-state index < -0.39 is 134 Å². The molecule has 0 aromatic rings. The molecular formula is C49H76O20. The van der Waals surface area contributed by atoms with E-state index in [0.29, 0.717) is 25.2 Å². The fraction of sp³-hybridized carbons (Fsp3) is 0.918. The SMILES string of the molecule is CC(=O)O[C@@H]1C[C@H](O[C@@H]2[C@H](O)C[C@@H](O[C@@H]3[C@H](O)C[C@@H](O[C@@H]4CC[C@@]5(C)[C@H](CC[C@@H]6[C@@H]5C[C@H](O)[C@]5(C)[C@H](C7=CC(=O)OC7)CC[C@]65O)C4)O[C@@H]3C)O[C@@H]2C)O[C@H](C)[C@H]1O[C@H]1O[C@@H](CO)[C@H](O)[C@@H](O)[C@@H]1O. The number of carbonyl (C=O) groups is 2. The molecule has 26 atom stereocenters. The van der Waals surface area contributed by atoms with Crippen molar-refractivity contribution in [1.29, 1.82) is 0 Å². The molecule has 5 aliphatic heterocycles. The van der Waals surface area contributed by atoms with Gasteiger partial charge in [-0.15, -0.1) is 0 Å². The van der Waals surface area contributed by atoms with Gasteiger partial charge in [-0.05, 0) is 107 Å². The van der Waals surface area contributed by atoms with E-state index in [9.17, 15) is 50.4 Å². The highest BCUT2D eigenvalue weighted by atomic mass is 16.8. The zero-order valence-electron chi connectivity index (χ0n) is 40.5. The quantitative estimate of drug-likeness (QED) is 0.104. The van der Waals surface area contributed by atoms with E-state index in [1.807, 2.05) is 6.92 Å². The minimum Gasteiger partial charge on any atom is -0.459 e. The third-order valence-corrected chi connectivity index (χ3v) is 18.4. The van der Waals surface area contributed by atoms with Gasteiger partial charge in [-0.2, -0.15) is 0 Å². The van der Waals surface area contributed by atoms with Gasteiger partial charge < -0.3 is 88.2 Å². The molecule has 4 aliphatic carbocycles. The summed E-state index contributed by atoms with van der Waals surface area (Å²) in [6, 6.07) is 0. The predicted molar refractivity (Wildman–Crippen MR) is 235 cm³/mol. The van der Waals surface area contributed by atoms with Crippen molar-refractivity contribution < 1.29 is 97.8 Å². The summed E-state index contributed by atoms with van der Waals surface area (Å²) in [5, 5.41) is 88.1. The minimum absolute atomic E-state index is 0.00421. The Morgan fingerprint density at radius 1 is 0.710 bits per heavy atom. The summed E-state index contributed by atoms with van der Waals surface area (Å²) in [6.07, 6.45) is -11.1. The average Bonchev–Trinajstić information content (AvgIpc) is 3.84. The topological polar surface area (TPSA) is 288 Å². The summed E-state index contributed by atoms with van der Waals surface area (Å²) in [5.41, 5.74) is -1.01. The van der Waals surface area contributed by atoms with Crippen molar-refractivity contribution in [2.45, 2.75) is 234 Å². The maximum Gasteiger partial charge on any atom is 0.331 e. The molecule has 0 spiro atoms. The number of hydrogen-bond acceptors (Lipinski definition) is 20. The van der Waals surface area contributed by atoms with E-state index in [0.717, 1.165) is 37.7 Å². The molecule has 4 saturated carbocycles. The van der Waals surface area contributed by atoms with Gasteiger partial charge in [0.05, 0.1) is 54.9 Å². The van der Waals surface area contributed by atoms with Gasteiger partial charge in [0.15, 0.2) is 25.2 Å². The maximum atomic E-state index is 12.6. The third kappa shape index (κ3) is 9.48. The molecule has 69 heavy (non-hydrogen) atoms. The summed E-state index contributed by atoms with van der Waals surface area (Å²) in [5.74, 6) is -0.580. The van der Waals surface area contributed by atoms with Crippen molar-refractivity contribution in [3.63, 3.8) is 0 Å². The van der Waals surface area contributed by atoms with Crippen LogP contribution in [0.15, 0.2) is 11.6 Å². The number of hydrogen-bond donors (Lipinski definition) is 8. The molecule has 0 amide bonds. The predicted octanol–water partition coefficient (Wildman–Crippen LogP) is 0.613. The fourth-order valence-corrected chi connectivity index (χ4v) is 14.6. The third-order valence-electron chi connectivity index (χ3n) is 18.4. The van der Waals surface area contributed by atoms with Crippen molar-refractivity contribution in [3.05, 3.63) is 11.6 Å². The second kappa shape index (κ2) is 20.0. The summed E-state index contributed by atoms with van der Waals surface area (Å²) in [4.78, 5) is 24.2. The second-order valence-electron chi connectivity index (χ2n) is 22.2. The zero-order valence-corrected chi connectivity index (χ0v) is 40.5. The van der Waals surface area contributed by atoms with Crippen LogP contribution in [0.5, 0.6) is 0 Å². The van der Waals surface area contributed by atoms with E-state index in [4.69, 9.17) is 47.4 Å². The van der Waals surface area contributed by atoms with Crippen LogP contribution in [0.4, 0.5) is 0 Å². The van der Waals surface area contributed by atoms with Crippen LogP contribution in [-0.4, -0.2) is 188 Å². The lowest BCUT2D eigenvalue weighted by molar-refractivity contribution is -0.355. The number of aliphatic hydroxyl groups is 8. The van der Waals surface area contributed by atoms with E-state index >= 15 is 0 Å². The lowest BCUT2D eigenvalue weighted by Crippen LogP contribution is -2.67. The molecule has 8 N–H and O–H groups in total. The average molecular weight is 985 g/mol. The molecule has 0 aromatic carbocycles. The molecule has 8 fully saturated rings. The zero-order chi connectivity index (χ0) is 49.5. The number of esters is 2. The van der Waals surface area contributed by atoms with Gasteiger partial charge in [-0.3, -0.25) is 4.79 Å². The van der Waals surface area contributed by atoms with Crippen LogP contribution in [-0.2, 0) is 57.0 Å². The largest absolute Gasteiger partial charge is 0.459 e. The molecule has 4 saturated heterocycles. The number of aliphatic hydroxyl groups excluding tert-OH is 7. The minimum atomic E-state index is -1.69. The first-order valence-corrected chi connectivity index (χ1v) is 25.3. The van der Waals surface area contributed by atoms with Gasteiger partial charge in [0.25, 0.3) is 0 Å². The molecule has 9 aliphatic rings. The smallest absolute Gasteiger partial charge is 0.331 e. The number of fused-ring (bicyclic) bond motifs is 5. The van der Waals surface area contributed by atoms with E-state index in [2.05, 4.69) is 6.92 Å². The van der Waals surface area contributed by atoms with Crippen LogP contribution in [0.1, 0.15) is 112 Å². The van der Waals surface area contributed by atoms with Crippen LogP contribution < -0.4 is 0 Å². The fourth-order valence-electron chi connectivity index (χ4n) is 14.6. The molecule has 0 aromatic heterocycles. The van der Waals surface area contributed by atoms with Gasteiger partial charge in [0.2, 0.25) is 0 Å². The molecule has 0 unspecified atom stereocenters. The Bertz CT molecular complexity index is 1850. The van der Waals surface area contributed by atoms with Crippen molar-refractivity contribution >= 4 is 11.9 Å². The monoisotopic (exact) mass is 984 g/mol. The maximum absolute atomic E-state index is 12.6. The van der Waals surface area contributed by atoms with Crippen LogP contribution in [0.25, 0.3) is 0 Å². The van der Waals surface area contributed by atoms with Gasteiger partial charge >= 0.3 is 11.9 Å². The van der Waals surface area contributed by atoms with Gasteiger partial charge in [-0.25, -0.2) is 4.79 Å². The Hall–Kier alpha value is -1.96. The van der Waals surface area contributed by atoms with E-state index in [1.54, 1.807) is 26.8 Å². The number of cyclic esters (lactones) is 1. The lowest BCUT2D eigenvalue weighted by atomic mass is 9.42. The van der Waals surface area contributed by atoms with Crippen LogP contribution in [0, 0.1) is 34.5 Å². The first-order valence-electron chi connectivity index (χ1n) is 25.3. The van der Waals surface area contributed by atoms with E-state index in [1.165, 1.54) is 6.92 Å². The van der Waals surface area contributed by atoms with Gasteiger partial charge in [0, 0.05) is 37.7 Å². The van der Waals surface area contributed by atoms with Crippen LogP contribution >= 0.6 is 0 Å². The molecule has 9 rings (SSSR count). The number of rotatable bonds is 11. The normalized spacial score (nSPS) is 53.3. The van der Waals surface area contributed by atoms with Crippen molar-refractivity contribution in [2.75, 3.05) is 13.2 Å². The second-order valence-corrected chi connectivity index (χ2v) is 22.2. The van der Waals surface area contributed by atoms with Gasteiger partial charge in [0.1, 0.15) is 55.4 Å². The van der Waals surface area contributed by atoms with Crippen molar-refractivity contribution in [2.24, 2.45) is 34.5 Å². The highest BCUT2D eigenvalue weighted by Gasteiger charge is 2.71. The van der Waals surface area contributed by atoms with Crippen molar-refractivity contribution in [3.8, 4) is 0 Å². The summed E-state index contributed by atoms with van der Waals surface area (Å²) >= 11 is 0. The van der Waals surface area contributed by atoms with Crippen LogP contribution in [0.3, 0.4) is 0 Å². The summed E-state index contributed by atoms with van der Waals surface area (Å²) in [7, 11) is 0. The number of carbonyl (C=O) groups excluding carboxylic acids is 2. The first-order chi connectivity index (χ1) is 32.6. The summed E-state index contributed by atoms with van der Waals surface area (Å²) in [6.45, 7) is 10.3. The Kier molecular flexibility index (Phi) is 15.1.